The Labute approximate surface area is 116 Å². The third kappa shape index (κ3) is 2.68. The van der Waals surface area contributed by atoms with Gasteiger partial charge in [0.1, 0.15) is 0 Å². The minimum absolute atomic E-state index is 0.273. The van der Waals surface area contributed by atoms with E-state index >= 15 is 0 Å². The van der Waals surface area contributed by atoms with Crippen LogP contribution in [0.1, 0.15) is 5.56 Å². The van der Waals surface area contributed by atoms with Gasteiger partial charge in [-0.05, 0) is 24.0 Å². The Bertz CT molecular complexity index is 543. The molecule has 1 aromatic heterocycles. The summed E-state index contributed by atoms with van der Waals surface area (Å²) >= 11 is 7.98. The summed E-state index contributed by atoms with van der Waals surface area (Å²) in [5.74, 6) is 0. The number of thiophene rings is 1. The van der Waals surface area contributed by atoms with Crippen LogP contribution in [0.3, 0.4) is 0 Å². The van der Waals surface area contributed by atoms with Crippen molar-refractivity contribution in [3.8, 4) is 10.4 Å². The van der Waals surface area contributed by atoms with Crippen LogP contribution in [0.2, 0.25) is 5.02 Å². The van der Waals surface area contributed by atoms with Gasteiger partial charge in [0.2, 0.25) is 0 Å². The first-order valence-corrected chi connectivity index (χ1v) is 7.40. The SMILES string of the molecule is CSc1c(C(F)(F)F)csc1-c1ccc(Cl)cc1. The molecule has 0 amide bonds. The molecule has 96 valence electrons. The Morgan fingerprint density at radius 3 is 2.28 bits per heavy atom. The average molecular weight is 309 g/mol. The van der Waals surface area contributed by atoms with Gasteiger partial charge in [0.25, 0.3) is 0 Å². The van der Waals surface area contributed by atoms with Gasteiger partial charge in [-0.1, -0.05) is 23.7 Å². The maximum Gasteiger partial charge on any atom is 0.418 e. The van der Waals surface area contributed by atoms with Gasteiger partial charge in [-0.2, -0.15) is 13.2 Å². The molecule has 0 atom stereocenters. The lowest BCUT2D eigenvalue weighted by atomic mass is 10.1. The first-order valence-electron chi connectivity index (χ1n) is 4.92. The van der Waals surface area contributed by atoms with Crippen LogP contribution < -0.4 is 0 Å². The molecule has 0 radical (unpaired) electrons. The van der Waals surface area contributed by atoms with Crippen LogP contribution in [0.4, 0.5) is 13.2 Å². The topological polar surface area (TPSA) is 0 Å². The van der Waals surface area contributed by atoms with E-state index in [1.165, 1.54) is 0 Å². The predicted molar refractivity (Wildman–Crippen MR) is 71.5 cm³/mol. The molecule has 0 fully saturated rings. The Balaban J connectivity index is 2.52. The molecule has 2 aromatic rings. The van der Waals surface area contributed by atoms with Crippen LogP contribution in [-0.4, -0.2) is 6.26 Å². The zero-order chi connectivity index (χ0) is 13.3. The van der Waals surface area contributed by atoms with E-state index in [2.05, 4.69) is 0 Å². The van der Waals surface area contributed by atoms with E-state index in [-0.39, 0.29) is 4.90 Å². The highest BCUT2D eigenvalue weighted by molar-refractivity contribution is 7.99. The maximum atomic E-state index is 12.8. The molecular weight excluding hydrogens is 301 g/mol. The molecular formula is C12H8ClF3S2. The van der Waals surface area contributed by atoms with Crippen molar-refractivity contribution in [2.24, 2.45) is 0 Å². The molecule has 0 aliphatic heterocycles. The third-order valence-corrected chi connectivity index (χ3v) is 4.60. The lowest BCUT2D eigenvalue weighted by molar-refractivity contribution is -0.139. The van der Waals surface area contributed by atoms with Crippen LogP contribution >= 0.6 is 34.7 Å². The summed E-state index contributed by atoms with van der Waals surface area (Å²) in [4.78, 5) is 0.904. The number of alkyl halides is 3. The monoisotopic (exact) mass is 308 g/mol. The fraction of sp³-hybridized carbons (Fsp3) is 0.167. The lowest BCUT2D eigenvalue weighted by Gasteiger charge is -2.08. The van der Waals surface area contributed by atoms with Gasteiger partial charge in [-0.15, -0.1) is 23.1 Å². The summed E-state index contributed by atoms with van der Waals surface area (Å²) in [6, 6.07) is 6.81. The quantitative estimate of drug-likeness (QED) is 0.631. The van der Waals surface area contributed by atoms with Crippen LogP contribution in [-0.2, 0) is 6.18 Å². The first kappa shape index (κ1) is 13.8. The molecule has 0 unspecified atom stereocenters. The zero-order valence-electron chi connectivity index (χ0n) is 9.22. The van der Waals surface area contributed by atoms with Gasteiger partial charge in [-0.25, -0.2) is 0 Å². The molecule has 0 saturated carbocycles. The molecule has 0 saturated heterocycles. The van der Waals surface area contributed by atoms with Crippen molar-refractivity contribution in [3.05, 3.63) is 40.2 Å². The molecule has 2 rings (SSSR count). The average Bonchev–Trinajstić information content (AvgIpc) is 2.73. The molecule has 18 heavy (non-hydrogen) atoms. The van der Waals surface area contributed by atoms with Gasteiger partial charge in [0.05, 0.1) is 5.56 Å². The van der Waals surface area contributed by atoms with Crippen molar-refractivity contribution in [1.29, 1.82) is 0 Å². The maximum absolute atomic E-state index is 12.8. The number of thioether (sulfide) groups is 1. The minimum atomic E-state index is -4.31. The second kappa shape index (κ2) is 5.15. The molecule has 0 nitrogen and oxygen atoms in total. The molecule has 1 aromatic carbocycles. The predicted octanol–water partition coefficient (Wildman–Crippen LogP) is 5.81. The van der Waals surface area contributed by atoms with E-state index in [0.717, 1.165) is 34.0 Å². The summed E-state index contributed by atoms with van der Waals surface area (Å²) < 4.78 is 38.4. The van der Waals surface area contributed by atoms with Crippen molar-refractivity contribution < 1.29 is 13.2 Å². The van der Waals surface area contributed by atoms with E-state index in [1.54, 1.807) is 30.5 Å². The molecule has 0 spiro atoms. The van der Waals surface area contributed by atoms with Crippen molar-refractivity contribution in [2.75, 3.05) is 6.26 Å². The van der Waals surface area contributed by atoms with Crippen LogP contribution in [0.5, 0.6) is 0 Å². The number of halogens is 4. The zero-order valence-corrected chi connectivity index (χ0v) is 11.6. The summed E-state index contributed by atoms with van der Waals surface area (Å²) in [7, 11) is 0. The number of benzene rings is 1. The second-order valence-electron chi connectivity index (χ2n) is 3.52. The van der Waals surface area contributed by atoms with Crippen molar-refractivity contribution in [2.45, 2.75) is 11.1 Å². The van der Waals surface area contributed by atoms with Gasteiger partial charge >= 0.3 is 6.18 Å². The van der Waals surface area contributed by atoms with E-state index in [9.17, 15) is 13.2 Å². The number of rotatable bonds is 2. The van der Waals surface area contributed by atoms with Crippen LogP contribution in [0, 0.1) is 0 Å². The number of hydrogen-bond acceptors (Lipinski definition) is 2. The van der Waals surface area contributed by atoms with Crippen molar-refractivity contribution in [1.82, 2.24) is 0 Å². The molecule has 0 aliphatic rings. The first-order chi connectivity index (χ1) is 8.43. The van der Waals surface area contributed by atoms with E-state index in [0.29, 0.717) is 9.90 Å². The molecule has 1 heterocycles. The van der Waals surface area contributed by atoms with Crippen LogP contribution in [0.25, 0.3) is 10.4 Å². The Hall–Kier alpha value is -0.650. The fourth-order valence-electron chi connectivity index (χ4n) is 1.55. The largest absolute Gasteiger partial charge is 0.418 e. The van der Waals surface area contributed by atoms with Gasteiger partial charge in [0.15, 0.2) is 0 Å². The normalized spacial score (nSPS) is 11.8. The Morgan fingerprint density at radius 2 is 1.78 bits per heavy atom. The van der Waals surface area contributed by atoms with Crippen LogP contribution in [0.15, 0.2) is 34.5 Å². The van der Waals surface area contributed by atoms with E-state index in [4.69, 9.17) is 11.6 Å². The highest BCUT2D eigenvalue weighted by Gasteiger charge is 2.35. The second-order valence-corrected chi connectivity index (χ2v) is 5.65. The van der Waals surface area contributed by atoms with Gasteiger partial charge in [0, 0.05) is 20.2 Å². The Kier molecular flexibility index (Phi) is 3.94. The summed E-state index contributed by atoms with van der Waals surface area (Å²) in [6.07, 6.45) is -2.66. The fourth-order valence-corrected chi connectivity index (χ4v) is 3.81. The van der Waals surface area contributed by atoms with Gasteiger partial charge in [-0.3, -0.25) is 0 Å². The smallest absolute Gasteiger partial charge is 0.166 e. The molecule has 0 bridgehead atoms. The third-order valence-electron chi connectivity index (χ3n) is 2.36. The molecule has 6 heteroatoms. The van der Waals surface area contributed by atoms with Crippen molar-refractivity contribution >= 4 is 34.7 Å². The standard InChI is InChI=1S/C12H8ClF3S2/c1-17-11-9(12(14,15)16)6-18-10(11)7-2-4-8(13)5-3-7/h2-6H,1H3. The highest BCUT2D eigenvalue weighted by atomic mass is 35.5. The van der Waals surface area contributed by atoms with Gasteiger partial charge < -0.3 is 0 Å². The summed E-state index contributed by atoms with van der Waals surface area (Å²) in [6.45, 7) is 0. The van der Waals surface area contributed by atoms with Crippen molar-refractivity contribution in [3.63, 3.8) is 0 Å². The summed E-state index contributed by atoms with van der Waals surface area (Å²) in [5.41, 5.74) is 0.189. The molecule has 0 aliphatic carbocycles. The van der Waals surface area contributed by atoms with E-state index in [1.807, 2.05) is 0 Å². The lowest BCUT2D eigenvalue weighted by Crippen LogP contribution is -2.04. The Morgan fingerprint density at radius 1 is 1.17 bits per heavy atom. The molecule has 0 N–H and O–H groups in total. The van der Waals surface area contributed by atoms with E-state index < -0.39 is 11.7 Å². The highest BCUT2D eigenvalue weighted by Crippen LogP contribution is 2.45. The summed E-state index contributed by atoms with van der Waals surface area (Å²) in [5, 5.41) is 1.73. The number of hydrogen-bond donors (Lipinski definition) is 0. The minimum Gasteiger partial charge on any atom is -0.166 e.